The average molecular weight is 312 g/mol. The maximum atomic E-state index is 12.0. The first kappa shape index (κ1) is 17.0. The van der Waals surface area contributed by atoms with Crippen LogP contribution in [0.2, 0.25) is 0 Å². The van der Waals surface area contributed by atoms with Crippen LogP contribution in [0.1, 0.15) is 13.3 Å². The maximum absolute atomic E-state index is 12.0. The van der Waals surface area contributed by atoms with Crippen LogP contribution in [-0.4, -0.2) is 32.2 Å². The summed E-state index contributed by atoms with van der Waals surface area (Å²) in [7, 11) is 1.66. The van der Waals surface area contributed by atoms with E-state index in [1.54, 1.807) is 7.11 Å². The molecule has 2 aromatic rings. The summed E-state index contributed by atoms with van der Waals surface area (Å²) in [6.45, 7) is 3.14. The van der Waals surface area contributed by atoms with Gasteiger partial charge in [-0.2, -0.15) is 0 Å². The number of benzene rings is 2. The van der Waals surface area contributed by atoms with Crippen LogP contribution in [0.15, 0.2) is 54.6 Å². The SMILES string of the molecule is COCCCNC(=O)C(C)Nc1ccc(-c2ccccc2)cc1. The monoisotopic (exact) mass is 312 g/mol. The second-order valence-corrected chi connectivity index (χ2v) is 5.45. The molecule has 0 aliphatic heterocycles. The second kappa shape index (κ2) is 8.96. The third-order valence-electron chi connectivity index (χ3n) is 3.59. The summed E-state index contributed by atoms with van der Waals surface area (Å²) in [5.41, 5.74) is 3.28. The Morgan fingerprint density at radius 3 is 2.35 bits per heavy atom. The first-order chi connectivity index (χ1) is 11.2. The van der Waals surface area contributed by atoms with Crippen molar-refractivity contribution < 1.29 is 9.53 Å². The normalized spacial score (nSPS) is 11.7. The van der Waals surface area contributed by atoms with E-state index in [4.69, 9.17) is 4.74 Å². The van der Waals surface area contributed by atoms with E-state index in [2.05, 4.69) is 34.9 Å². The minimum atomic E-state index is -0.278. The molecule has 2 N–H and O–H groups in total. The number of hydrogen-bond acceptors (Lipinski definition) is 3. The molecule has 4 heteroatoms. The third kappa shape index (κ3) is 5.42. The van der Waals surface area contributed by atoms with Crippen molar-refractivity contribution in [2.24, 2.45) is 0 Å². The lowest BCUT2D eigenvalue weighted by Gasteiger charge is -2.15. The molecule has 0 aromatic heterocycles. The largest absolute Gasteiger partial charge is 0.385 e. The summed E-state index contributed by atoms with van der Waals surface area (Å²) in [5.74, 6) is -0.00626. The van der Waals surface area contributed by atoms with Crippen molar-refractivity contribution in [1.82, 2.24) is 5.32 Å². The molecule has 0 aliphatic carbocycles. The molecule has 0 fully saturated rings. The van der Waals surface area contributed by atoms with Crippen molar-refractivity contribution >= 4 is 11.6 Å². The molecule has 0 bridgehead atoms. The fourth-order valence-electron chi connectivity index (χ4n) is 2.29. The van der Waals surface area contributed by atoms with Gasteiger partial charge in [0.05, 0.1) is 0 Å². The lowest BCUT2D eigenvalue weighted by molar-refractivity contribution is -0.121. The number of rotatable bonds is 8. The number of anilines is 1. The third-order valence-corrected chi connectivity index (χ3v) is 3.59. The summed E-state index contributed by atoms with van der Waals surface area (Å²) in [6.07, 6.45) is 0.820. The van der Waals surface area contributed by atoms with Crippen LogP contribution in [0.25, 0.3) is 11.1 Å². The predicted octanol–water partition coefficient (Wildman–Crippen LogP) is 3.31. The fourth-order valence-corrected chi connectivity index (χ4v) is 2.29. The summed E-state index contributed by atoms with van der Waals surface area (Å²) >= 11 is 0. The number of ether oxygens (including phenoxy) is 1. The van der Waals surface area contributed by atoms with Crippen molar-refractivity contribution in [3.8, 4) is 11.1 Å². The molecular weight excluding hydrogens is 288 g/mol. The predicted molar refractivity (Wildman–Crippen MR) is 94.5 cm³/mol. The Labute approximate surface area is 137 Å². The molecule has 23 heavy (non-hydrogen) atoms. The molecule has 4 nitrogen and oxygen atoms in total. The molecule has 0 saturated carbocycles. The van der Waals surface area contributed by atoms with E-state index in [-0.39, 0.29) is 11.9 Å². The van der Waals surface area contributed by atoms with Gasteiger partial charge in [-0.15, -0.1) is 0 Å². The number of methoxy groups -OCH3 is 1. The highest BCUT2D eigenvalue weighted by molar-refractivity contribution is 5.84. The van der Waals surface area contributed by atoms with Crippen LogP contribution >= 0.6 is 0 Å². The van der Waals surface area contributed by atoms with E-state index in [1.807, 2.05) is 37.3 Å². The van der Waals surface area contributed by atoms with Gasteiger partial charge in [0.1, 0.15) is 6.04 Å². The smallest absolute Gasteiger partial charge is 0.242 e. The average Bonchev–Trinajstić information content (AvgIpc) is 2.60. The van der Waals surface area contributed by atoms with E-state index in [0.717, 1.165) is 17.7 Å². The minimum Gasteiger partial charge on any atom is -0.385 e. The Balaban J connectivity index is 1.86. The topological polar surface area (TPSA) is 50.4 Å². The van der Waals surface area contributed by atoms with E-state index in [0.29, 0.717) is 13.2 Å². The zero-order valence-corrected chi connectivity index (χ0v) is 13.7. The highest BCUT2D eigenvalue weighted by Gasteiger charge is 2.11. The Morgan fingerprint density at radius 1 is 1.04 bits per heavy atom. The van der Waals surface area contributed by atoms with Crippen LogP contribution in [0.3, 0.4) is 0 Å². The quantitative estimate of drug-likeness (QED) is 0.735. The summed E-state index contributed by atoms with van der Waals surface area (Å²) in [4.78, 5) is 12.0. The molecule has 1 unspecified atom stereocenters. The van der Waals surface area contributed by atoms with Gasteiger partial charge in [0.2, 0.25) is 5.91 Å². The van der Waals surface area contributed by atoms with Crippen molar-refractivity contribution in [3.05, 3.63) is 54.6 Å². The lowest BCUT2D eigenvalue weighted by atomic mass is 10.1. The number of hydrogen-bond donors (Lipinski definition) is 2. The summed E-state index contributed by atoms with van der Waals surface area (Å²) in [6, 6.07) is 18.0. The van der Waals surface area contributed by atoms with Crippen LogP contribution in [0, 0.1) is 0 Å². The standard InChI is InChI=1S/C19H24N2O2/c1-15(19(22)20-13-6-14-23-2)21-18-11-9-17(10-12-18)16-7-4-3-5-8-16/h3-5,7-12,15,21H,6,13-14H2,1-2H3,(H,20,22). The van der Waals surface area contributed by atoms with Gasteiger partial charge in [-0.3, -0.25) is 4.79 Å². The van der Waals surface area contributed by atoms with Gasteiger partial charge in [-0.05, 0) is 36.6 Å². The first-order valence-electron chi connectivity index (χ1n) is 7.89. The number of carbonyl (C=O) groups is 1. The van der Waals surface area contributed by atoms with E-state index in [9.17, 15) is 4.79 Å². The van der Waals surface area contributed by atoms with E-state index >= 15 is 0 Å². The Morgan fingerprint density at radius 2 is 1.70 bits per heavy atom. The molecule has 0 radical (unpaired) electrons. The number of amides is 1. The molecule has 122 valence electrons. The van der Waals surface area contributed by atoms with Gasteiger partial charge in [-0.1, -0.05) is 42.5 Å². The van der Waals surface area contributed by atoms with Crippen LogP contribution < -0.4 is 10.6 Å². The molecule has 0 spiro atoms. The van der Waals surface area contributed by atoms with E-state index in [1.165, 1.54) is 5.56 Å². The zero-order chi connectivity index (χ0) is 16.5. The number of nitrogens with one attached hydrogen (secondary N) is 2. The Kier molecular flexibility index (Phi) is 6.63. The molecule has 0 aliphatic rings. The molecule has 2 aromatic carbocycles. The summed E-state index contributed by atoms with van der Waals surface area (Å²) in [5, 5.41) is 6.11. The van der Waals surface area contributed by atoms with Crippen LogP contribution in [-0.2, 0) is 9.53 Å². The fraction of sp³-hybridized carbons (Fsp3) is 0.316. The first-order valence-corrected chi connectivity index (χ1v) is 7.89. The highest BCUT2D eigenvalue weighted by atomic mass is 16.5. The molecule has 0 saturated heterocycles. The van der Waals surface area contributed by atoms with Gasteiger partial charge < -0.3 is 15.4 Å². The zero-order valence-electron chi connectivity index (χ0n) is 13.7. The molecular formula is C19H24N2O2. The minimum absolute atomic E-state index is 0.00626. The molecule has 1 amide bonds. The van der Waals surface area contributed by atoms with Gasteiger partial charge in [0, 0.05) is 25.9 Å². The summed E-state index contributed by atoms with van der Waals surface area (Å²) < 4.78 is 4.96. The van der Waals surface area contributed by atoms with Crippen molar-refractivity contribution in [2.45, 2.75) is 19.4 Å². The second-order valence-electron chi connectivity index (χ2n) is 5.45. The van der Waals surface area contributed by atoms with Gasteiger partial charge in [-0.25, -0.2) is 0 Å². The van der Waals surface area contributed by atoms with Crippen molar-refractivity contribution in [2.75, 3.05) is 25.6 Å². The van der Waals surface area contributed by atoms with Crippen LogP contribution in [0.4, 0.5) is 5.69 Å². The molecule has 2 rings (SSSR count). The maximum Gasteiger partial charge on any atom is 0.242 e. The number of carbonyl (C=O) groups excluding carboxylic acids is 1. The van der Waals surface area contributed by atoms with E-state index < -0.39 is 0 Å². The molecule has 0 heterocycles. The van der Waals surface area contributed by atoms with Gasteiger partial charge >= 0.3 is 0 Å². The van der Waals surface area contributed by atoms with Crippen molar-refractivity contribution in [3.63, 3.8) is 0 Å². The van der Waals surface area contributed by atoms with Crippen LogP contribution in [0.5, 0.6) is 0 Å². The highest BCUT2D eigenvalue weighted by Crippen LogP contribution is 2.21. The van der Waals surface area contributed by atoms with Gasteiger partial charge in [0.15, 0.2) is 0 Å². The lowest BCUT2D eigenvalue weighted by Crippen LogP contribution is -2.38. The van der Waals surface area contributed by atoms with Gasteiger partial charge in [0.25, 0.3) is 0 Å². The van der Waals surface area contributed by atoms with Crippen molar-refractivity contribution in [1.29, 1.82) is 0 Å². The Hall–Kier alpha value is -2.33. The Bertz CT molecular complexity index is 597. The molecule has 1 atom stereocenters.